The summed E-state index contributed by atoms with van der Waals surface area (Å²) in [7, 11) is 0. The number of benzene rings is 2. The Balaban J connectivity index is 1.18. The lowest BCUT2D eigenvalue weighted by atomic mass is 10.0. The van der Waals surface area contributed by atoms with Gasteiger partial charge in [-0.3, -0.25) is 14.5 Å². The van der Waals surface area contributed by atoms with E-state index in [4.69, 9.17) is 14.2 Å². The molecule has 1 N–H and O–H groups in total. The van der Waals surface area contributed by atoms with E-state index < -0.39 is 12.0 Å². The molecular formula is C25H27N3O6. The van der Waals surface area contributed by atoms with Crippen LogP contribution in [-0.2, 0) is 14.3 Å². The van der Waals surface area contributed by atoms with Gasteiger partial charge in [0.25, 0.3) is 5.91 Å². The van der Waals surface area contributed by atoms with Crippen molar-refractivity contribution in [2.24, 2.45) is 0 Å². The fourth-order valence-electron chi connectivity index (χ4n) is 4.71. The van der Waals surface area contributed by atoms with Gasteiger partial charge in [-0.25, -0.2) is 9.69 Å². The second-order valence-electron chi connectivity index (χ2n) is 8.58. The highest BCUT2D eigenvalue weighted by molar-refractivity contribution is 6.22. The lowest BCUT2D eigenvalue weighted by Gasteiger charge is -2.35. The van der Waals surface area contributed by atoms with Gasteiger partial charge in [-0.2, -0.15) is 0 Å². The van der Waals surface area contributed by atoms with Gasteiger partial charge in [-0.1, -0.05) is 0 Å². The summed E-state index contributed by atoms with van der Waals surface area (Å²) in [5.74, 6) is 0.636. The maximum atomic E-state index is 13.1. The van der Waals surface area contributed by atoms with Gasteiger partial charge in [0.15, 0.2) is 11.5 Å². The van der Waals surface area contributed by atoms with Crippen LogP contribution >= 0.6 is 0 Å². The number of rotatable bonds is 6. The zero-order valence-electron chi connectivity index (χ0n) is 19.0. The number of carbonyl (C=O) groups is 3. The molecule has 0 bridgehead atoms. The molecule has 9 heteroatoms. The number of carbonyl (C=O) groups excluding carboxylic acids is 3. The molecule has 0 unspecified atom stereocenters. The molecule has 2 fully saturated rings. The summed E-state index contributed by atoms with van der Waals surface area (Å²) in [5.41, 5.74) is 1.84. The van der Waals surface area contributed by atoms with Crippen molar-refractivity contribution in [3.63, 3.8) is 0 Å². The van der Waals surface area contributed by atoms with Gasteiger partial charge in [0.2, 0.25) is 12.7 Å². The zero-order valence-corrected chi connectivity index (χ0v) is 19.0. The summed E-state index contributed by atoms with van der Waals surface area (Å²) in [5, 5.41) is 3.54. The minimum Gasteiger partial charge on any atom is -0.462 e. The predicted molar refractivity (Wildman–Crippen MR) is 124 cm³/mol. The van der Waals surface area contributed by atoms with Crippen LogP contribution in [0.15, 0.2) is 42.5 Å². The standard InChI is InChI=1S/C25H27N3O6/c1-2-32-25(31)16-3-6-19(7-4-16)28-23(29)14-20(24(28)30)27-11-9-17(10-12-27)26-18-5-8-21-22(13-18)34-15-33-21/h3-8,13,17,20,26H,2,9-12,14-15H2,1H3/t20-/m1/s1. The second kappa shape index (κ2) is 9.34. The third-order valence-corrected chi connectivity index (χ3v) is 6.47. The summed E-state index contributed by atoms with van der Waals surface area (Å²) < 4.78 is 15.8. The van der Waals surface area contributed by atoms with Gasteiger partial charge in [-0.15, -0.1) is 0 Å². The molecule has 3 aliphatic rings. The molecule has 0 radical (unpaired) electrons. The van der Waals surface area contributed by atoms with E-state index in [9.17, 15) is 14.4 Å². The van der Waals surface area contributed by atoms with Crippen LogP contribution < -0.4 is 19.7 Å². The lowest BCUT2D eigenvalue weighted by Crippen LogP contribution is -2.48. The molecule has 2 aromatic rings. The number of fused-ring (bicyclic) bond motifs is 1. The fraction of sp³-hybridized carbons (Fsp3) is 0.400. The van der Waals surface area contributed by atoms with Crippen LogP contribution in [0.1, 0.15) is 36.5 Å². The topological polar surface area (TPSA) is 97.4 Å². The smallest absolute Gasteiger partial charge is 0.338 e. The van der Waals surface area contributed by atoms with E-state index in [1.165, 1.54) is 4.90 Å². The van der Waals surface area contributed by atoms with Crippen LogP contribution in [-0.4, -0.2) is 61.3 Å². The number of ether oxygens (including phenoxy) is 3. The van der Waals surface area contributed by atoms with Crippen LogP contribution in [0.2, 0.25) is 0 Å². The number of nitrogens with zero attached hydrogens (tertiary/aromatic N) is 2. The average Bonchev–Trinajstić information content (AvgIpc) is 3.43. The highest BCUT2D eigenvalue weighted by Gasteiger charge is 2.43. The van der Waals surface area contributed by atoms with Gasteiger partial charge < -0.3 is 19.5 Å². The molecular weight excluding hydrogens is 438 g/mol. The van der Waals surface area contributed by atoms with Crippen molar-refractivity contribution >= 4 is 29.2 Å². The number of anilines is 2. The number of esters is 1. The minimum atomic E-state index is -0.455. The molecule has 2 saturated heterocycles. The number of imide groups is 1. The monoisotopic (exact) mass is 465 g/mol. The molecule has 34 heavy (non-hydrogen) atoms. The molecule has 1 atom stereocenters. The van der Waals surface area contributed by atoms with Crippen molar-refractivity contribution in [2.75, 3.05) is 36.7 Å². The van der Waals surface area contributed by atoms with E-state index in [0.717, 1.165) is 43.1 Å². The van der Waals surface area contributed by atoms with E-state index in [2.05, 4.69) is 10.2 Å². The van der Waals surface area contributed by atoms with Gasteiger partial charge in [0, 0.05) is 30.9 Å². The Kier molecular flexibility index (Phi) is 6.10. The first-order chi connectivity index (χ1) is 16.5. The van der Waals surface area contributed by atoms with E-state index in [1.54, 1.807) is 31.2 Å². The van der Waals surface area contributed by atoms with Crippen molar-refractivity contribution in [1.82, 2.24) is 4.90 Å². The molecule has 0 spiro atoms. The summed E-state index contributed by atoms with van der Waals surface area (Å²) in [6, 6.07) is 12.0. The van der Waals surface area contributed by atoms with Crippen molar-refractivity contribution in [3.05, 3.63) is 48.0 Å². The molecule has 9 nitrogen and oxygen atoms in total. The Bertz CT molecular complexity index is 1090. The van der Waals surface area contributed by atoms with E-state index >= 15 is 0 Å². The van der Waals surface area contributed by atoms with Crippen LogP contribution in [0, 0.1) is 0 Å². The Morgan fingerprint density at radius 2 is 1.79 bits per heavy atom. The quantitative estimate of drug-likeness (QED) is 0.514. The van der Waals surface area contributed by atoms with Crippen molar-refractivity contribution in [3.8, 4) is 11.5 Å². The Morgan fingerprint density at radius 1 is 1.06 bits per heavy atom. The van der Waals surface area contributed by atoms with Gasteiger partial charge >= 0.3 is 5.97 Å². The van der Waals surface area contributed by atoms with Crippen molar-refractivity contribution in [2.45, 2.75) is 38.3 Å². The van der Waals surface area contributed by atoms with Crippen LogP contribution in [0.5, 0.6) is 11.5 Å². The van der Waals surface area contributed by atoms with Gasteiger partial charge in [0.1, 0.15) is 0 Å². The first kappa shape index (κ1) is 22.2. The molecule has 2 amide bonds. The SMILES string of the molecule is CCOC(=O)c1ccc(N2C(=O)C[C@@H](N3CCC(Nc4ccc5c(c4)OCO5)CC3)C2=O)cc1. The molecule has 0 saturated carbocycles. The number of amides is 2. The second-order valence-corrected chi connectivity index (χ2v) is 8.58. The maximum Gasteiger partial charge on any atom is 0.338 e. The first-order valence-electron chi connectivity index (χ1n) is 11.6. The van der Waals surface area contributed by atoms with E-state index in [-0.39, 0.29) is 37.7 Å². The number of piperidine rings is 1. The van der Waals surface area contributed by atoms with Crippen LogP contribution in [0.4, 0.5) is 11.4 Å². The predicted octanol–water partition coefficient (Wildman–Crippen LogP) is 2.80. The zero-order chi connectivity index (χ0) is 23.7. The summed E-state index contributed by atoms with van der Waals surface area (Å²) in [6.07, 6.45) is 1.89. The Labute approximate surface area is 197 Å². The van der Waals surface area contributed by atoms with Crippen LogP contribution in [0.3, 0.4) is 0 Å². The number of likely N-dealkylation sites (tertiary alicyclic amines) is 1. The first-order valence-corrected chi connectivity index (χ1v) is 11.6. The van der Waals surface area contributed by atoms with E-state index in [1.807, 2.05) is 18.2 Å². The number of hydrogen-bond acceptors (Lipinski definition) is 8. The fourth-order valence-corrected chi connectivity index (χ4v) is 4.71. The Hall–Kier alpha value is -3.59. The summed E-state index contributed by atoms with van der Waals surface area (Å²) in [4.78, 5) is 41.1. The molecule has 5 rings (SSSR count). The Morgan fingerprint density at radius 3 is 2.53 bits per heavy atom. The lowest BCUT2D eigenvalue weighted by molar-refractivity contribution is -0.123. The summed E-state index contributed by atoms with van der Waals surface area (Å²) >= 11 is 0. The molecule has 0 aromatic heterocycles. The molecule has 0 aliphatic carbocycles. The van der Waals surface area contributed by atoms with Gasteiger partial charge in [-0.05, 0) is 56.2 Å². The van der Waals surface area contributed by atoms with Crippen LogP contribution in [0.25, 0.3) is 0 Å². The van der Waals surface area contributed by atoms with E-state index in [0.29, 0.717) is 11.3 Å². The van der Waals surface area contributed by atoms with Crippen molar-refractivity contribution in [1.29, 1.82) is 0 Å². The normalized spacial score (nSPS) is 20.6. The molecule has 2 aromatic carbocycles. The van der Waals surface area contributed by atoms with Crippen molar-refractivity contribution < 1.29 is 28.6 Å². The largest absolute Gasteiger partial charge is 0.462 e. The highest BCUT2D eigenvalue weighted by Crippen LogP contribution is 2.35. The number of nitrogens with one attached hydrogen (secondary N) is 1. The molecule has 3 heterocycles. The average molecular weight is 466 g/mol. The third kappa shape index (κ3) is 4.31. The highest BCUT2D eigenvalue weighted by atomic mass is 16.7. The maximum absolute atomic E-state index is 13.1. The third-order valence-electron chi connectivity index (χ3n) is 6.47. The molecule has 178 valence electrons. The molecule has 3 aliphatic heterocycles. The number of hydrogen-bond donors (Lipinski definition) is 1. The summed E-state index contributed by atoms with van der Waals surface area (Å²) in [6.45, 7) is 3.72. The minimum absolute atomic E-state index is 0.165. The van der Waals surface area contributed by atoms with Gasteiger partial charge in [0.05, 0.1) is 30.3 Å².